The maximum atomic E-state index is 12.0. The Bertz CT molecular complexity index is 1010. The zero-order valence-corrected chi connectivity index (χ0v) is 17.8. The Morgan fingerprint density at radius 2 is 2.04 bits per heavy atom. The minimum atomic E-state index is -0.310. The molecule has 3 aromatic rings. The fraction of sp³-hybridized carbons (Fsp3) is 0.190. The third-order valence-corrected chi connectivity index (χ3v) is 5.42. The van der Waals surface area contributed by atoms with Crippen LogP contribution in [0.4, 0.5) is 5.13 Å². The SMILES string of the molecule is CCCCc1ccc2nc(NC(=S)NC(=O)/C=C/c3ccc(Cl)cc3)sc2c1. The van der Waals surface area contributed by atoms with Gasteiger partial charge in [0.15, 0.2) is 10.2 Å². The molecule has 3 rings (SSSR count). The molecule has 1 heterocycles. The van der Waals surface area contributed by atoms with Crippen molar-refractivity contribution in [3.63, 3.8) is 0 Å². The summed E-state index contributed by atoms with van der Waals surface area (Å²) in [5.74, 6) is -0.310. The number of nitrogens with one attached hydrogen (secondary N) is 2. The van der Waals surface area contributed by atoms with Gasteiger partial charge in [-0.25, -0.2) is 4.98 Å². The predicted octanol–water partition coefficient (Wildman–Crippen LogP) is 5.82. The van der Waals surface area contributed by atoms with Crippen LogP contribution < -0.4 is 10.6 Å². The molecule has 0 bridgehead atoms. The van der Waals surface area contributed by atoms with E-state index in [9.17, 15) is 4.79 Å². The van der Waals surface area contributed by atoms with Gasteiger partial charge in [-0.05, 0) is 66.5 Å². The van der Waals surface area contributed by atoms with Crippen LogP contribution in [0, 0.1) is 0 Å². The van der Waals surface area contributed by atoms with Crippen molar-refractivity contribution >= 4 is 67.6 Å². The van der Waals surface area contributed by atoms with Gasteiger partial charge < -0.3 is 5.32 Å². The topological polar surface area (TPSA) is 54.0 Å². The van der Waals surface area contributed by atoms with Crippen LogP contribution in [0.15, 0.2) is 48.5 Å². The van der Waals surface area contributed by atoms with E-state index in [1.807, 2.05) is 18.2 Å². The summed E-state index contributed by atoms with van der Waals surface area (Å²) < 4.78 is 1.10. The van der Waals surface area contributed by atoms with E-state index in [0.717, 1.165) is 22.2 Å². The van der Waals surface area contributed by atoms with Gasteiger partial charge in [0.05, 0.1) is 10.2 Å². The molecule has 0 fully saturated rings. The van der Waals surface area contributed by atoms with Gasteiger partial charge in [0.2, 0.25) is 5.91 Å². The first-order chi connectivity index (χ1) is 13.5. The molecule has 0 saturated heterocycles. The number of carbonyl (C=O) groups is 1. The number of hydrogen-bond donors (Lipinski definition) is 2. The summed E-state index contributed by atoms with van der Waals surface area (Å²) in [5.41, 5.74) is 3.11. The van der Waals surface area contributed by atoms with Crippen LogP contribution in [0.5, 0.6) is 0 Å². The Labute approximate surface area is 178 Å². The van der Waals surface area contributed by atoms with E-state index in [-0.39, 0.29) is 11.0 Å². The normalized spacial score (nSPS) is 11.1. The van der Waals surface area contributed by atoms with Crippen LogP contribution in [0.3, 0.4) is 0 Å². The van der Waals surface area contributed by atoms with Gasteiger partial charge in [-0.2, -0.15) is 0 Å². The molecule has 1 amide bonds. The zero-order chi connectivity index (χ0) is 19.9. The molecule has 2 N–H and O–H groups in total. The lowest BCUT2D eigenvalue weighted by molar-refractivity contribution is -0.115. The molecule has 0 unspecified atom stereocenters. The fourth-order valence-corrected chi connectivity index (χ4v) is 3.91. The molecule has 7 heteroatoms. The highest BCUT2D eigenvalue weighted by atomic mass is 35.5. The van der Waals surface area contributed by atoms with Crippen molar-refractivity contribution in [1.29, 1.82) is 0 Å². The first-order valence-corrected chi connectivity index (χ1v) is 10.6. The van der Waals surface area contributed by atoms with Gasteiger partial charge >= 0.3 is 0 Å². The molecule has 144 valence electrons. The highest BCUT2D eigenvalue weighted by molar-refractivity contribution is 7.80. The van der Waals surface area contributed by atoms with Crippen molar-refractivity contribution in [3.8, 4) is 0 Å². The van der Waals surface area contributed by atoms with Crippen molar-refractivity contribution in [1.82, 2.24) is 10.3 Å². The number of fused-ring (bicyclic) bond motifs is 1. The van der Waals surface area contributed by atoms with E-state index in [2.05, 4.69) is 34.7 Å². The third kappa shape index (κ3) is 5.86. The lowest BCUT2D eigenvalue weighted by atomic mass is 10.1. The molecule has 4 nitrogen and oxygen atoms in total. The standard InChI is InChI=1S/C21H20ClN3OS2/c1-2-3-4-15-7-11-17-18(13-15)28-21(23-17)25-20(27)24-19(26)12-8-14-5-9-16(22)10-6-14/h5-13H,2-4H2,1H3,(H2,23,24,25,26,27)/b12-8+. The Hall–Kier alpha value is -2.28. The summed E-state index contributed by atoms with van der Waals surface area (Å²) in [7, 11) is 0. The van der Waals surface area contributed by atoms with Crippen LogP contribution in [0.2, 0.25) is 5.02 Å². The number of benzene rings is 2. The summed E-state index contributed by atoms with van der Waals surface area (Å²) in [4.78, 5) is 16.6. The molecule has 0 atom stereocenters. The smallest absolute Gasteiger partial charge is 0.250 e. The number of halogens is 1. The molecular formula is C21H20ClN3OS2. The highest BCUT2D eigenvalue weighted by Gasteiger charge is 2.08. The second-order valence-corrected chi connectivity index (χ2v) is 8.13. The minimum absolute atomic E-state index is 0.219. The van der Waals surface area contributed by atoms with Gasteiger partial charge in [-0.1, -0.05) is 54.5 Å². The number of thiazole rings is 1. The number of thiocarbonyl (C=S) groups is 1. The monoisotopic (exact) mass is 429 g/mol. The first-order valence-electron chi connectivity index (χ1n) is 8.98. The Kier molecular flexibility index (Phi) is 7.14. The van der Waals surface area contributed by atoms with Crippen molar-refractivity contribution < 1.29 is 4.79 Å². The molecule has 0 radical (unpaired) electrons. The number of carbonyl (C=O) groups excluding carboxylic acids is 1. The van der Waals surface area contributed by atoms with Gasteiger partial charge in [0, 0.05) is 11.1 Å². The number of amides is 1. The largest absolute Gasteiger partial charge is 0.308 e. The number of rotatable bonds is 6. The lowest BCUT2D eigenvalue weighted by Gasteiger charge is -2.04. The van der Waals surface area contributed by atoms with E-state index < -0.39 is 0 Å². The van der Waals surface area contributed by atoms with Gasteiger partial charge in [0.1, 0.15) is 0 Å². The van der Waals surface area contributed by atoms with Crippen LogP contribution in [0.25, 0.3) is 16.3 Å². The third-order valence-electron chi connectivity index (χ3n) is 4.03. The van der Waals surface area contributed by atoms with Crippen LogP contribution in [-0.2, 0) is 11.2 Å². The molecule has 1 aromatic heterocycles. The van der Waals surface area contributed by atoms with E-state index in [4.69, 9.17) is 23.8 Å². The molecule has 0 aliphatic carbocycles. The average molecular weight is 430 g/mol. The average Bonchev–Trinajstić information content (AvgIpc) is 3.07. The minimum Gasteiger partial charge on any atom is -0.308 e. The van der Waals surface area contributed by atoms with Crippen molar-refractivity contribution in [3.05, 3.63) is 64.7 Å². The van der Waals surface area contributed by atoms with E-state index in [0.29, 0.717) is 10.2 Å². The number of unbranched alkanes of at least 4 members (excludes halogenated alkanes) is 1. The number of aromatic nitrogens is 1. The summed E-state index contributed by atoms with van der Waals surface area (Å²) in [5, 5.41) is 7.15. The Morgan fingerprint density at radius 3 is 2.79 bits per heavy atom. The quantitative estimate of drug-likeness (QED) is 0.383. The van der Waals surface area contributed by atoms with Gasteiger partial charge in [0.25, 0.3) is 0 Å². The van der Waals surface area contributed by atoms with E-state index in [1.165, 1.54) is 35.8 Å². The zero-order valence-electron chi connectivity index (χ0n) is 15.4. The molecule has 0 spiro atoms. The summed E-state index contributed by atoms with van der Waals surface area (Å²) >= 11 is 12.6. The second kappa shape index (κ2) is 9.78. The van der Waals surface area contributed by atoms with Crippen molar-refractivity contribution in [2.24, 2.45) is 0 Å². The summed E-state index contributed by atoms with van der Waals surface area (Å²) in [6.07, 6.45) is 6.55. The van der Waals surface area contributed by atoms with Crippen molar-refractivity contribution in [2.45, 2.75) is 26.2 Å². The van der Waals surface area contributed by atoms with Gasteiger partial charge in [-0.3, -0.25) is 10.1 Å². The first kappa shape index (κ1) is 20.5. The molecule has 0 saturated carbocycles. The maximum absolute atomic E-state index is 12.0. The van der Waals surface area contributed by atoms with Crippen LogP contribution in [-0.4, -0.2) is 16.0 Å². The lowest BCUT2D eigenvalue weighted by Crippen LogP contribution is -2.32. The maximum Gasteiger partial charge on any atom is 0.250 e. The summed E-state index contributed by atoms with van der Waals surface area (Å²) in [6, 6.07) is 13.5. The van der Waals surface area contributed by atoms with Crippen LogP contribution >= 0.6 is 35.2 Å². The number of nitrogens with zero attached hydrogens (tertiary/aromatic N) is 1. The Balaban J connectivity index is 1.57. The molecular weight excluding hydrogens is 410 g/mol. The fourth-order valence-electron chi connectivity index (χ4n) is 2.59. The number of anilines is 1. The number of hydrogen-bond acceptors (Lipinski definition) is 4. The molecule has 0 aliphatic heterocycles. The van der Waals surface area contributed by atoms with E-state index >= 15 is 0 Å². The second-order valence-electron chi connectivity index (χ2n) is 6.25. The molecule has 28 heavy (non-hydrogen) atoms. The summed E-state index contributed by atoms with van der Waals surface area (Å²) in [6.45, 7) is 2.19. The predicted molar refractivity (Wildman–Crippen MR) is 123 cm³/mol. The highest BCUT2D eigenvalue weighted by Crippen LogP contribution is 2.27. The van der Waals surface area contributed by atoms with Crippen molar-refractivity contribution in [2.75, 3.05) is 5.32 Å². The van der Waals surface area contributed by atoms with E-state index in [1.54, 1.807) is 18.2 Å². The molecule has 2 aromatic carbocycles. The van der Waals surface area contributed by atoms with Crippen LogP contribution in [0.1, 0.15) is 30.9 Å². The Morgan fingerprint density at radius 1 is 1.25 bits per heavy atom. The molecule has 0 aliphatic rings. The van der Waals surface area contributed by atoms with Gasteiger partial charge in [-0.15, -0.1) is 0 Å². The number of aryl methyl sites for hydroxylation is 1.